The van der Waals surface area contributed by atoms with Crippen molar-refractivity contribution in [1.29, 1.82) is 0 Å². The van der Waals surface area contributed by atoms with E-state index in [1.54, 1.807) is 14.2 Å². The molecule has 2 aromatic rings. The minimum absolute atomic E-state index is 0.902. The molecule has 0 unspecified atom stereocenters. The summed E-state index contributed by atoms with van der Waals surface area (Å²) in [6.45, 7) is 4.21. The van der Waals surface area contributed by atoms with Crippen LogP contribution in [0.25, 0.3) is 11.1 Å². The maximum Gasteiger partial charge on any atom is 0.122 e. The fraction of sp³-hybridized carbons (Fsp3) is 0.294. The van der Waals surface area contributed by atoms with E-state index in [9.17, 15) is 0 Å². The Morgan fingerprint density at radius 1 is 0.947 bits per heavy atom. The molecule has 0 atom stereocenters. The lowest BCUT2D eigenvalue weighted by Crippen LogP contribution is -1.92. The number of aryl methyl sites for hydroxylation is 2. The van der Waals surface area contributed by atoms with Gasteiger partial charge in [0.05, 0.1) is 14.2 Å². The second-order valence-electron chi connectivity index (χ2n) is 4.56. The van der Waals surface area contributed by atoms with Gasteiger partial charge < -0.3 is 9.47 Å². The van der Waals surface area contributed by atoms with Crippen LogP contribution in [0, 0.1) is 6.92 Å². The predicted molar refractivity (Wildman–Crippen MR) is 79.1 cm³/mol. The Hall–Kier alpha value is -1.96. The second kappa shape index (κ2) is 5.79. The van der Waals surface area contributed by atoms with Crippen LogP contribution in [0.3, 0.4) is 0 Å². The lowest BCUT2D eigenvalue weighted by Gasteiger charge is -2.12. The van der Waals surface area contributed by atoms with Crippen LogP contribution in [-0.4, -0.2) is 14.2 Å². The van der Waals surface area contributed by atoms with Gasteiger partial charge in [0.25, 0.3) is 0 Å². The molecule has 0 amide bonds. The van der Waals surface area contributed by atoms with Crippen molar-refractivity contribution in [1.82, 2.24) is 0 Å². The van der Waals surface area contributed by atoms with E-state index in [1.807, 2.05) is 6.07 Å². The first kappa shape index (κ1) is 13.5. The zero-order valence-electron chi connectivity index (χ0n) is 12.0. The number of hydrogen-bond acceptors (Lipinski definition) is 2. The Balaban J connectivity index is 2.52. The molecule has 0 saturated heterocycles. The number of ether oxygens (including phenoxy) is 2. The molecule has 0 saturated carbocycles. The Bertz CT molecular complexity index is 573. The average Bonchev–Trinajstić information content (AvgIpc) is 2.47. The van der Waals surface area contributed by atoms with Crippen molar-refractivity contribution < 1.29 is 9.47 Å². The van der Waals surface area contributed by atoms with Gasteiger partial charge in [-0.15, -0.1) is 0 Å². The monoisotopic (exact) mass is 256 g/mol. The third-order valence-electron chi connectivity index (χ3n) is 3.41. The maximum atomic E-state index is 5.40. The summed E-state index contributed by atoms with van der Waals surface area (Å²) in [5.41, 5.74) is 4.85. The van der Waals surface area contributed by atoms with Gasteiger partial charge >= 0.3 is 0 Å². The second-order valence-corrected chi connectivity index (χ2v) is 4.56. The predicted octanol–water partition coefficient (Wildman–Crippen LogP) is 4.24. The Kier molecular flexibility index (Phi) is 4.10. The Morgan fingerprint density at radius 3 is 2.37 bits per heavy atom. The molecule has 0 spiro atoms. The molecule has 0 N–H and O–H groups in total. The summed E-state index contributed by atoms with van der Waals surface area (Å²) in [4.78, 5) is 0. The largest absolute Gasteiger partial charge is 0.497 e. The fourth-order valence-corrected chi connectivity index (χ4v) is 2.26. The van der Waals surface area contributed by atoms with E-state index in [4.69, 9.17) is 9.47 Å². The Labute approximate surface area is 115 Å². The molecule has 2 aromatic carbocycles. The SMILES string of the molecule is CCc1cc(OC)ccc1-c1ccc(C)c(OC)c1. The van der Waals surface area contributed by atoms with Crippen molar-refractivity contribution in [3.63, 3.8) is 0 Å². The van der Waals surface area contributed by atoms with Gasteiger partial charge in [0.15, 0.2) is 0 Å². The lowest BCUT2D eigenvalue weighted by molar-refractivity contribution is 0.412. The van der Waals surface area contributed by atoms with E-state index in [0.29, 0.717) is 0 Å². The molecule has 0 aliphatic carbocycles. The standard InChI is InChI=1S/C17H20O2/c1-5-13-10-15(18-3)8-9-16(13)14-7-6-12(2)17(11-14)19-4/h6-11H,5H2,1-4H3. The van der Waals surface area contributed by atoms with Gasteiger partial charge in [-0.1, -0.05) is 25.1 Å². The first-order valence-electron chi connectivity index (χ1n) is 6.51. The van der Waals surface area contributed by atoms with Crippen molar-refractivity contribution in [2.45, 2.75) is 20.3 Å². The molecule has 2 nitrogen and oxygen atoms in total. The van der Waals surface area contributed by atoms with Crippen LogP contribution in [0.5, 0.6) is 11.5 Å². The van der Waals surface area contributed by atoms with E-state index < -0.39 is 0 Å². The third-order valence-corrected chi connectivity index (χ3v) is 3.41. The maximum absolute atomic E-state index is 5.40. The summed E-state index contributed by atoms with van der Waals surface area (Å²) in [6, 6.07) is 12.5. The normalized spacial score (nSPS) is 10.3. The van der Waals surface area contributed by atoms with Crippen LogP contribution in [0.4, 0.5) is 0 Å². The van der Waals surface area contributed by atoms with Gasteiger partial charge in [-0.05, 0) is 53.8 Å². The number of benzene rings is 2. The molecule has 0 aliphatic heterocycles. The number of rotatable bonds is 4. The fourth-order valence-electron chi connectivity index (χ4n) is 2.26. The van der Waals surface area contributed by atoms with E-state index >= 15 is 0 Å². The summed E-state index contributed by atoms with van der Waals surface area (Å²) >= 11 is 0. The molecule has 2 rings (SSSR count). The smallest absolute Gasteiger partial charge is 0.122 e. The van der Waals surface area contributed by atoms with E-state index in [1.165, 1.54) is 16.7 Å². The van der Waals surface area contributed by atoms with Gasteiger partial charge in [0.1, 0.15) is 11.5 Å². The molecule has 0 aliphatic rings. The highest BCUT2D eigenvalue weighted by molar-refractivity contribution is 5.70. The van der Waals surface area contributed by atoms with Gasteiger partial charge in [0, 0.05) is 0 Å². The number of methoxy groups -OCH3 is 2. The summed E-state index contributed by atoms with van der Waals surface area (Å²) in [5, 5.41) is 0. The van der Waals surface area contributed by atoms with Crippen LogP contribution in [0.2, 0.25) is 0 Å². The zero-order chi connectivity index (χ0) is 13.8. The van der Waals surface area contributed by atoms with Crippen LogP contribution in [0.15, 0.2) is 36.4 Å². The number of hydrogen-bond donors (Lipinski definition) is 0. The van der Waals surface area contributed by atoms with E-state index in [-0.39, 0.29) is 0 Å². The molecule has 19 heavy (non-hydrogen) atoms. The topological polar surface area (TPSA) is 18.5 Å². The third kappa shape index (κ3) is 2.73. The molecule has 0 fully saturated rings. The van der Waals surface area contributed by atoms with Gasteiger partial charge in [0.2, 0.25) is 0 Å². The van der Waals surface area contributed by atoms with Crippen molar-refractivity contribution in [2.75, 3.05) is 14.2 Å². The minimum atomic E-state index is 0.902. The van der Waals surface area contributed by atoms with Crippen LogP contribution in [0.1, 0.15) is 18.1 Å². The highest BCUT2D eigenvalue weighted by Gasteiger charge is 2.08. The Morgan fingerprint density at radius 2 is 1.74 bits per heavy atom. The summed E-state index contributed by atoms with van der Waals surface area (Å²) in [6.07, 6.45) is 0.975. The van der Waals surface area contributed by atoms with Gasteiger partial charge in [-0.25, -0.2) is 0 Å². The molecular weight excluding hydrogens is 236 g/mol. The van der Waals surface area contributed by atoms with E-state index in [0.717, 1.165) is 23.5 Å². The van der Waals surface area contributed by atoms with Crippen LogP contribution in [-0.2, 0) is 6.42 Å². The quantitative estimate of drug-likeness (QED) is 0.814. The van der Waals surface area contributed by atoms with Crippen molar-refractivity contribution >= 4 is 0 Å². The minimum Gasteiger partial charge on any atom is -0.497 e. The summed E-state index contributed by atoms with van der Waals surface area (Å²) in [5.74, 6) is 1.83. The molecular formula is C17H20O2. The van der Waals surface area contributed by atoms with Crippen molar-refractivity contribution in [3.8, 4) is 22.6 Å². The first-order chi connectivity index (χ1) is 9.19. The van der Waals surface area contributed by atoms with Crippen molar-refractivity contribution in [2.24, 2.45) is 0 Å². The molecule has 0 radical (unpaired) electrons. The average molecular weight is 256 g/mol. The molecule has 0 aromatic heterocycles. The van der Waals surface area contributed by atoms with Gasteiger partial charge in [-0.2, -0.15) is 0 Å². The molecule has 100 valence electrons. The highest BCUT2D eigenvalue weighted by Crippen LogP contribution is 2.31. The van der Waals surface area contributed by atoms with Crippen molar-refractivity contribution in [3.05, 3.63) is 47.5 Å². The summed E-state index contributed by atoms with van der Waals surface area (Å²) in [7, 11) is 3.41. The van der Waals surface area contributed by atoms with E-state index in [2.05, 4.69) is 44.2 Å². The van der Waals surface area contributed by atoms with Gasteiger partial charge in [-0.3, -0.25) is 0 Å². The molecule has 2 heteroatoms. The lowest BCUT2D eigenvalue weighted by atomic mass is 9.96. The first-order valence-corrected chi connectivity index (χ1v) is 6.51. The van der Waals surface area contributed by atoms with Crippen LogP contribution < -0.4 is 9.47 Å². The molecule has 0 bridgehead atoms. The summed E-state index contributed by atoms with van der Waals surface area (Å²) < 4.78 is 10.7. The highest BCUT2D eigenvalue weighted by atomic mass is 16.5. The zero-order valence-corrected chi connectivity index (χ0v) is 12.0. The van der Waals surface area contributed by atoms with Crippen LogP contribution >= 0.6 is 0 Å². The molecule has 0 heterocycles.